The number of carbonyl (C=O) groups excluding carboxylic acids is 1. The van der Waals surface area contributed by atoms with E-state index in [1.165, 1.54) is 18.3 Å². The van der Waals surface area contributed by atoms with Crippen molar-refractivity contribution >= 4 is 11.6 Å². The Balaban J connectivity index is 1.46. The van der Waals surface area contributed by atoms with Gasteiger partial charge in [0.15, 0.2) is 23.1 Å². The highest BCUT2D eigenvalue weighted by Gasteiger charge is 2.65. The number of rotatable bonds is 5. The van der Waals surface area contributed by atoms with Gasteiger partial charge in [-0.05, 0) is 24.3 Å². The van der Waals surface area contributed by atoms with Crippen molar-refractivity contribution in [2.24, 2.45) is 0 Å². The third-order valence-corrected chi connectivity index (χ3v) is 4.42. The number of fused-ring (bicyclic) bond motifs is 1. The fraction of sp³-hybridized carbons (Fsp3) is 0.0952. The Morgan fingerprint density at radius 1 is 0.943 bits per heavy atom. The number of hydrogen-bond donors (Lipinski definition) is 2. The van der Waals surface area contributed by atoms with E-state index in [0.29, 0.717) is 6.07 Å². The number of carbonyl (C=O) groups is 1. The van der Waals surface area contributed by atoms with E-state index in [-0.39, 0.29) is 22.8 Å². The summed E-state index contributed by atoms with van der Waals surface area (Å²) in [6, 6.07) is 8.36. The maximum Gasteiger partial charge on any atom is 0.507 e. The van der Waals surface area contributed by atoms with E-state index in [1.54, 1.807) is 6.07 Å². The van der Waals surface area contributed by atoms with Gasteiger partial charge in [0, 0.05) is 30.0 Å². The van der Waals surface area contributed by atoms with Gasteiger partial charge in [0.25, 0.3) is 5.91 Å². The number of hydrazine groups is 1. The number of nitriles is 1. The smallest absolute Gasteiger partial charge is 0.457 e. The van der Waals surface area contributed by atoms with Crippen LogP contribution >= 0.6 is 0 Å². The SMILES string of the molecule is N#Cc1cc(Oc2cc(F)c(NNC(=O)c3ccc4c(c3)OC(F)(F)C(F)(F)O4)c(F)c2)ccn1. The van der Waals surface area contributed by atoms with E-state index >= 15 is 0 Å². The van der Waals surface area contributed by atoms with Crippen molar-refractivity contribution < 1.29 is 45.3 Å². The highest BCUT2D eigenvalue weighted by molar-refractivity contribution is 5.95. The van der Waals surface area contributed by atoms with Gasteiger partial charge in [-0.15, -0.1) is 0 Å². The number of benzene rings is 2. The molecule has 0 aliphatic carbocycles. The van der Waals surface area contributed by atoms with Crippen molar-refractivity contribution in [2.45, 2.75) is 12.2 Å². The molecule has 14 heteroatoms. The zero-order valence-electron chi connectivity index (χ0n) is 16.9. The van der Waals surface area contributed by atoms with Crippen molar-refractivity contribution in [2.75, 3.05) is 5.43 Å². The van der Waals surface area contributed by atoms with Crippen molar-refractivity contribution in [3.8, 4) is 29.1 Å². The molecule has 1 aliphatic rings. The maximum atomic E-state index is 14.4. The summed E-state index contributed by atoms with van der Waals surface area (Å²) in [5.74, 6) is -5.20. The number of alkyl halides is 4. The standard InChI is InChI=1S/C21H10F6N4O4/c22-14-7-13(33-12-3-4-29-11(6-12)9-28)8-15(23)18(14)30-31-19(32)10-1-2-16-17(5-10)35-21(26,27)20(24,25)34-16/h1-8,30H,(H,31,32). The van der Waals surface area contributed by atoms with Crippen LogP contribution in [0.1, 0.15) is 16.1 Å². The lowest BCUT2D eigenvalue weighted by molar-refractivity contribution is -0.391. The molecule has 0 radical (unpaired) electrons. The molecule has 180 valence electrons. The predicted octanol–water partition coefficient (Wildman–Crippen LogP) is 4.74. The van der Waals surface area contributed by atoms with Crippen LogP contribution in [0.2, 0.25) is 0 Å². The molecule has 1 aromatic heterocycles. The summed E-state index contributed by atoms with van der Waals surface area (Å²) in [4.78, 5) is 16.0. The second-order valence-corrected chi connectivity index (χ2v) is 6.83. The molecule has 3 aromatic rings. The summed E-state index contributed by atoms with van der Waals surface area (Å²) < 4.78 is 95.0. The molecule has 0 saturated heterocycles. The highest BCUT2D eigenvalue weighted by Crippen LogP contribution is 2.47. The molecular weight excluding hydrogens is 486 g/mol. The lowest BCUT2D eigenvalue weighted by Gasteiger charge is -2.31. The van der Waals surface area contributed by atoms with Gasteiger partial charge in [-0.2, -0.15) is 22.8 Å². The van der Waals surface area contributed by atoms with Crippen LogP contribution in [0.3, 0.4) is 0 Å². The van der Waals surface area contributed by atoms with Crippen LogP contribution in [-0.4, -0.2) is 23.1 Å². The topological polar surface area (TPSA) is 106 Å². The normalized spacial score (nSPS) is 15.0. The molecule has 0 spiro atoms. The van der Waals surface area contributed by atoms with E-state index in [0.717, 1.165) is 24.3 Å². The molecule has 35 heavy (non-hydrogen) atoms. The summed E-state index contributed by atoms with van der Waals surface area (Å²) >= 11 is 0. The van der Waals surface area contributed by atoms with E-state index in [1.807, 2.05) is 10.9 Å². The highest BCUT2D eigenvalue weighted by atomic mass is 19.3. The first-order valence-electron chi connectivity index (χ1n) is 9.36. The van der Waals surface area contributed by atoms with E-state index in [2.05, 4.69) is 14.5 Å². The fourth-order valence-electron chi connectivity index (χ4n) is 2.80. The van der Waals surface area contributed by atoms with Crippen LogP contribution in [0.15, 0.2) is 48.7 Å². The number of anilines is 1. The summed E-state index contributed by atoms with van der Waals surface area (Å²) in [6.07, 6.45) is -8.65. The van der Waals surface area contributed by atoms with Gasteiger partial charge in [0.05, 0.1) is 0 Å². The zero-order chi connectivity index (χ0) is 25.4. The van der Waals surface area contributed by atoms with E-state index in [9.17, 15) is 31.1 Å². The van der Waals surface area contributed by atoms with Crippen LogP contribution in [-0.2, 0) is 0 Å². The molecule has 0 bridgehead atoms. The average molecular weight is 496 g/mol. The third kappa shape index (κ3) is 4.69. The van der Waals surface area contributed by atoms with Crippen LogP contribution in [0.5, 0.6) is 23.0 Å². The number of pyridine rings is 1. The molecule has 0 saturated carbocycles. The molecule has 0 atom stereocenters. The minimum absolute atomic E-state index is 0.0148. The molecule has 2 N–H and O–H groups in total. The first kappa shape index (κ1) is 23.5. The van der Waals surface area contributed by atoms with Gasteiger partial charge in [0.1, 0.15) is 28.9 Å². The Morgan fingerprint density at radius 2 is 1.60 bits per heavy atom. The van der Waals surface area contributed by atoms with Crippen LogP contribution < -0.4 is 25.1 Å². The number of hydrogen-bond acceptors (Lipinski definition) is 7. The molecule has 0 unspecified atom stereocenters. The van der Waals surface area contributed by atoms with Crippen LogP contribution in [0.25, 0.3) is 0 Å². The van der Waals surface area contributed by atoms with Crippen molar-refractivity contribution in [3.05, 3.63) is 71.6 Å². The van der Waals surface area contributed by atoms with Gasteiger partial charge >= 0.3 is 12.2 Å². The Morgan fingerprint density at radius 3 is 2.26 bits per heavy atom. The van der Waals surface area contributed by atoms with Crippen molar-refractivity contribution in [1.29, 1.82) is 5.26 Å². The first-order valence-corrected chi connectivity index (χ1v) is 9.36. The molecule has 2 aromatic carbocycles. The third-order valence-electron chi connectivity index (χ3n) is 4.42. The van der Waals surface area contributed by atoms with Gasteiger partial charge in [-0.25, -0.2) is 13.8 Å². The Hall–Kier alpha value is -4.67. The van der Waals surface area contributed by atoms with Gasteiger partial charge in [0.2, 0.25) is 0 Å². The minimum atomic E-state index is -4.99. The summed E-state index contributed by atoms with van der Waals surface area (Å²) in [5.41, 5.74) is 2.78. The molecular formula is C21H10F6N4O4. The van der Waals surface area contributed by atoms with Gasteiger partial charge < -0.3 is 14.2 Å². The maximum absolute atomic E-state index is 14.4. The first-order chi connectivity index (χ1) is 16.5. The number of aromatic nitrogens is 1. The zero-order valence-corrected chi connectivity index (χ0v) is 16.9. The molecule has 1 aliphatic heterocycles. The lowest BCUT2D eigenvalue weighted by atomic mass is 10.2. The quantitative estimate of drug-likeness (QED) is 0.389. The van der Waals surface area contributed by atoms with Crippen molar-refractivity contribution in [1.82, 2.24) is 10.4 Å². The number of amides is 1. The number of nitrogens with zero attached hydrogens (tertiary/aromatic N) is 2. The molecule has 4 rings (SSSR count). The average Bonchev–Trinajstić information content (AvgIpc) is 2.78. The number of nitrogens with one attached hydrogen (secondary N) is 2. The number of halogens is 6. The Kier molecular flexibility index (Phi) is 5.77. The minimum Gasteiger partial charge on any atom is -0.457 e. The molecule has 8 nitrogen and oxygen atoms in total. The van der Waals surface area contributed by atoms with Crippen LogP contribution in [0.4, 0.5) is 32.0 Å². The number of ether oxygens (including phenoxy) is 3. The second kappa shape index (κ2) is 8.60. The largest absolute Gasteiger partial charge is 0.507 e. The monoisotopic (exact) mass is 496 g/mol. The predicted molar refractivity (Wildman–Crippen MR) is 104 cm³/mol. The second-order valence-electron chi connectivity index (χ2n) is 6.83. The Bertz CT molecular complexity index is 1340. The van der Waals surface area contributed by atoms with Crippen molar-refractivity contribution in [3.63, 3.8) is 0 Å². The summed E-state index contributed by atoms with van der Waals surface area (Å²) in [6.45, 7) is 0. The van der Waals surface area contributed by atoms with Crippen LogP contribution in [0, 0.1) is 23.0 Å². The lowest BCUT2D eigenvalue weighted by Crippen LogP contribution is -2.52. The summed E-state index contributed by atoms with van der Waals surface area (Å²) in [7, 11) is 0. The molecule has 0 fully saturated rings. The van der Waals surface area contributed by atoms with E-state index in [4.69, 9.17) is 10.00 Å². The van der Waals surface area contributed by atoms with Gasteiger partial charge in [-0.3, -0.25) is 15.6 Å². The van der Waals surface area contributed by atoms with Gasteiger partial charge in [-0.1, -0.05) is 0 Å². The Labute approximate surface area is 191 Å². The van der Waals surface area contributed by atoms with E-state index < -0.39 is 46.9 Å². The molecule has 2 heterocycles. The summed E-state index contributed by atoms with van der Waals surface area (Å²) in [5, 5.41) is 8.83. The molecule has 1 amide bonds. The fourth-order valence-corrected chi connectivity index (χ4v) is 2.80.